The van der Waals surface area contributed by atoms with Gasteiger partial charge in [0.05, 0.1) is 12.6 Å². The molecule has 1 aliphatic heterocycles. The van der Waals surface area contributed by atoms with Crippen molar-refractivity contribution in [2.45, 2.75) is 25.5 Å². The number of para-hydroxylation sites is 1. The summed E-state index contributed by atoms with van der Waals surface area (Å²) in [6.45, 7) is 2.03. The number of rotatable bonds is 7. The first kappa shape index (κ1) is 19.2. The molecule has 1 aromatic heterocycles. The number of benzene rings is 2. The van der Waals surface area contributed by atoms with E-state index in [-0.39, 0.29) is 12.0 Å². The van der Waals surface area contributed by atoms with Crippen LogP contribution >= 0.6 is 0 Å². The number of carbonyl (C=O) groups excluding carboxylic acids is 1. The summed E-state index contributed by atoms with van der Waals surface area (Å²) in [5.74, 6) is 0.640. The molecule has 0 radical (unpaired) electrons. The predicted molar refractivity (Wildman–Crippen MR) is 115 cm³/mol. The number of ether oxygens (including phenoxy) is 1. The van der Waals surface area contributed by atoms with Crippen LogP contribution in [0.3, 0.4) is 0 Å². The molecule has 0 aliphatic carbocycles. The minimum Gasteiger partial charge on any atom is -0.376 e. The molecule has 1 unspecified atom stereocenters. The molecule has 1 atom stereocenters. The second kappa shape index (κ2) is 9.34. The van der Waals surface area contributed by atoms with E-state index in [9.17, 15) is 4.79 Å². The lowest BCUT2D eigenvalue weighted by atomic mass is 10.1. The third-order valence-corrected chi connectivity index (χ3v) is 5.04. The molecular formula is C24H25N3O2. The third-order valence-electron chi connectivity index (χ3n) is 5.04. The Bertz CT molecular complexity index is 925. The number of hydrogen-bond acceptors (Lipinski definition) is 4. The van der Waals surface area contributed by atoms with Crippen molar-refractivity contribution in [3.05, 3.63) is 90.1 Å². The third kappa shape index (κ3) is 5.00. The lowest BCUT2D eigenvalue weighted by Gasteiger charge is -2.23. The Morgan fingerprint density at radius 3 is 2.55 bits per heavy atom. The van der Waals surface area contributed by atoms with Crippen LogP contribution in [-0.4, -0.2) is 30.1 Å². The summed E-state index contributed by atoms with van der Waals surface area (Å²) in [4.78, 5) is 19.6. The largest absolute Gasteiger partial charge is 0.376 e. The van der Waals surface area contributed by atoms with Gasteiger partial charge in [-0.1, -0.05) is 48.5 Å². The number of pyridine rings is 1. The van der Waals surface area contributed by atoms with Crippen molar-refractivity contribution in [2.75, 3.05) is 23.4 Å². The number of aromatic nitrogens is 1. The summed E-state index contributed by atoms with van der Waals surface area (Å²) >= 11 is 0. The predicted octanol–water partition coefficient (Wildman–Crippen LogP) is 4.52. The Morgan fingerprint density at radius 2 is 1.83 bits per heavy atom. The van der Waals surface area contributed by atoms with Gasteiger partial charge in [-0.3, -0.25) is 4.79 Å². The molecule has 1 amide bonds. The fourth-order valence-corrected chi connectivity index (χ4v) is 3.49. The standard InChI is InChI=1S/C24H25N3O2/c28-24(20-13-14-25-23(16-20)26-17-22-12-7-15-29-22)27(21-10-5-2-6-11-21)18-19-8-3-1-4-9-19/h1-6,8-11,13-14,16,22H,7,12,15,17-18H2,(H,25,26). The Labute approximate surface area is 171 Å². The highest BCUT2D eigenvalue weighted by molar-refractivity contribution is 6.06. The van der Waals surface area contributed by atoms with Gasteiger partial charge >= 0.3 is 0 Å². The monoisotopic (exact) mass is 387 g/mol. The molecule has 4 rings (SSSR count). The molecule has 0 spiro atoms. The van der Waals surface area contributed by atoms with Gasteiger partial charge in [-0.2, -0.15) is 0 Å². The summed E-state index contributed by atoms with van der Waals surface area (Å²) in [6, 6.07) is 23.4. The molecule has 0 saturated carbocycles. The van der Waals surface area contributed by atoms with Gasteiger partial charge < -0.3 is 15.0 Å². The Hall–Kier alpha value is -3.18. The molecule has 29 heavy (non-hydrogen) atoms. The highest BCUT2D eigenvalue weighted by atomic mass is 16.5. The molecule has 3 aromatic rings. The highest BCUT2D eigenvalue weighted by Gasteiger charge is 2.19. The minimum atomic E-state index is -0.0531. The van der Waals surface area contributed by atoms with Gasteiger partial charge in [-0.15, -0.1) is 0 Å². The van der Waals surface area contributed by atoms with Gasteiger partial charge in [0.15, 0.2) is 0 Å². The zero-order valence-electron chi connectivity index (χ0n) is 16.3. The number of nitrogens with one attached hydrogen (secondary N) is 1. The van der Waals surface area contributed by atoms with E-state index in [0.717, 1.165) is 30.7 Å². The first-order valence-corrected chi connectivity index (χ1v) is 10.0. The number of amides is 1. The minimum absolute atomic E-state index is 0.0531. The Balaban J connectivity index is 1.54. The molecule has 2 heterocycles. The van der Waals surface area contributed by atoms with Gasteiger partial charge in [0.1, 0.15) is 5.82 Å². The van der Waals surface area contributed by atoms with E-state index in [0.29, 0.717) is 24.5 Å². The zero-order chi connectivity index (χ0) is 19.9. The van der Waals surface area contributed by atoms with Gasteiger partial charge in [0.25, 0.3) is 5.91 Å². The number of hydrogen-bond donors (Lipinski definition) is 1. The summed E-state index contributed by atoms with van der Waals surface area (Å²) in [5.41, 5.74) is 2.55. The molecule has 2 aromatic carbocycles. The van der Waals surface area contributed by atoms with Crippen LogP contribution < -0.4 is 10.2 Å². The second-order valence-corrected chi connectivity index (χ2v) is 7.16. The number of nitrogens with zero attached hydrogens (tertiary/aromatic N) is 2. The van der Waals surface area contributed by atoms with Gasteiger partial charge in [0.2, 0.25) is 0 Å². The zero-order valence-corrected chi connectivity index (χ0v) is 16.3. The molecule has 1 N–H and O–H groups in total. The lowest BCUT2D eigenvalue weighted by Crippen LogP contribution is -2.30. The molecule has 5 nitrogen and oxygen atoms in total. The van der Waals surface area contributed by atoms with Crippen LogP contribution in [0.4, 0.5) is 11.5 Å². The molecule has 1 saturated heterocycles. The maximum Gasteiger partial charge on any atom is 0.258 e. The maximum atomic E-state index is 13.4. The normalized spacial score (nSPS) is 15.8. The van der Waals surface area contributed by atoms with Crippen molar-refractivity contribution in [3.8, 4) is 0 Å². The summed E-state index contributed by atoms with van der Waals surface area (Å²) < 4.78 is 5.65. The molecule has 0 bridgehead atoms. The van der Waals surface area contributed by atoms with Crippen LogP contribution in [0.25, 0.3) is 0 Å². The van der Waals surface area contributed by atoms with Crippen LogP contribution in [0.15, 0.2) is 79.0 Å². The van der Waals surface area contributed by atoms with E-state index < -0.39 is 0 Å². The van der Waals surface area contributed by atoms with Crippen LogP contribution in [-0.2, 0) is 11.3 Å². The highest BCUT2D eigenvalue weighted by Crippen LogP contribution is 2.21. The fourth-order valence-electron chi connectivity index (χ4n) is 3.49. The molecule has 148 valence electrons. The molecule has 1 fully saturated rings. The van der Waals surface area contributed by atoms with Crippen molar-refractivity contribution in [3.63, 3.8) is 0 Å². The molecule has 5 heteroatoms. The van der Waals surface area contributed by atoms with Crippen LogP contribution in [0.5, 0.6) is 0 Å². The van der Waals surface area contributed by atoms with E-state index in [1.807, 2.05) is 66.7 Å². The van der Waals surface area contributed by atoms with E-state index in [4.69, 9.17) is 4.74 Å². The number of anilines is 2. The first-order valence-electron chi connectivity index (χ1n) is 10.0. The maximum absolute atomic E-state index is 13.4. The van der Waals surface area contributed by atoms with E-state index in [1.165, 1.54) is 0 Å². The van der Waals surface area contributed by atoms with Crippen molar-refractivity contribution in [1.82, 2.24) is 4.98 Å². The fraction of sp³-hybridized carbons (Fsp3) is 0.250. The molecular weight excluding hydrogens is 362 g/mol. The summed E-state index contributed by atoms with van der Waals surface area (Å²) in [5, 5.41) is 3.30. The SMILES string of the molecule is O=C(c1ccnc(NCC2CCCO2)c1)N(Cc1ccccc1)c1ccccc1. The average molecular weight is 387 g/mol. The summed E-state index contributed by atoms with van der Waals surface area (Å²) in [7, 11) is 0. The Morgan fingerprint density at radius 1 is 1.07 bits per heavy atom. The first-order chi connectivity index (χ1) is 14.3. The Kier molecular flexibility index (Phi) is 6.17. The average Bonchev–Trinajstić information content (AvgIpc) is 3.31. The van der Waals surface area contributed by atoms with Gasteiger partial charge in [-0.05, 0) is 42.7 Å². The van der Waals surface area contributed by atoms with Crippen LogP contribution in [0.1, 0.15) is 28.8 Å². The smallest absolute Gasteiger partial charge is 0.258 e. The van der Waals surface area contributed by atoms with E-state index >= 15 is 0 Å². The van der Waals surface area contributed by atoms with Crippen molar-refractivity contribution < 1.29 is 9.53 Å². The van der Waals surface area contributed by atoms with Gasteiger partial charge in [0, 0.05) is 30.6 Å². The number of carbonyl (C=O) groups is 1. The van der Waals surface area contributed by atoms with Crippen molar-refractivity contribution in [1.29, 1.82) is 0 Å². The van der Waals surface area contributed by atoms with E-state index in [1.54, 1.807) is 17.2 Å². The van der Waals surface area contributed by atoms with Crippen molar-refractivity contribution >= 4 is 17.4 Å². The molecule has 1 aliphatic rings. The van der Waals surface area contributed by atoms with E-state index in [2.05, 4.69) is 10.3 Å². The summed E-state index contributed by atoms with van der Waals surface area (Å²) in [6.07, 6.45) is 4.06. The lowest BCUT2D eigenvalue weighted by molar-refractivity contribution is 0.0985. The second-order valence-electron chi connectivity index (χ2n) is 7.16. The van der Waals surface area contributed by atoms with Crippen molar-refractivity contribution in [2.24, 2.45) is 0 Å². The van der Waals surface area contributed by atoms with Gasteiger partial charge in [-0.25, -0.2) is 4.98 Å². The van der Waals surface area contributed by atoms with Crippen LogP contribution in [0, 0.1) is 0 Å². The quantitative estimate of drug-likeness (QED) is 0.648. The van der Waals surface area contributed by atoms with Crippen LogP contribution in [0.2, 0.25) is 0 Å². The topological polar surface area (TPSA) is 54.5 Å².